The molecule has 2 aromatic rings. The number of carbonyl (C=O) groups excluding carboxylic acids is 1. The zero-order valence-electron chi connectivity index (χ0n) is 11.5. The molecule has 1 aromatic carbocycles. The molecular weight excluding hydrogens is 292 g/mol. The first-order valence-electron chi connectivity index (χ1n) is 6.22. The second-order valence-electron chi connectivity index (χ2n) is 3.99. The van der Waals surface area contributed by atoms with E-state index in [1.807, 2.05) is 6.92 Å². The smallest absolute Gasteiger partial charge is 0.281 e. The Balaban J connectivity index is 2.18. The van der Waals surface area contributed by atoms with E-state index in [4.69, 9.17) is 9.15 Å². The van der Waals surface area contributed by atoms with Gasteiger partial charge >= 0.3 is 0 Å². The van der Waals surface area contributed by atoms with Crippen LogP contribution < -0.4 is 9.84 Å². The summed E-state index contributed by atoms with van der Waals surface area (Å²) in [6.07, 6.45) is 1.48. The van der Waals surface area contributed by atoms with Crippen LogP contribution in [0.1, 0.15) is 18.4 Å². The fourth-order valence-corrected chi connectivity index (χ4v) is 2.23. The van der Waals surface area contributed by atoms with Gasteiger partial charge in [0.25, 0.3) is 5.22 Å². The number of aryl methyl sites for hydroxylation is 1. The number of thioether (sulfide) groups is 1. The van der Waals surface area contributed by atoms with E-state index in [0.29, 0.717) is 18.1 Å². The van der Waals surface area contributed by atoms with Gasteiger partial charge in [0, 0.05) is 11.8 Å². The molecule has 1 aromatic heterocycles. The van der Waals surface area contributed by atoms with Crippen LogP contribution in [0.2, 0.25) is 0 Å². The van der Waals surface area contributed by atoms with Gasteiger partial charge in [0.05, 0.1) is 12.6 Å². The Morgan fingerprint density at radius 3 is 2.62 bits per heavy atom. The zero-order valence-corrected chi connectivity index (χ0v) is 12.3. The minimum atomic E-state index is -1.30. The van der Waals surface area contributed by atoms with E-state index in [-0.39, 0.29) is 10.1 Å². The Morgan fingerprint density at radius 2 is 2.10 bits per heavy atom. The number of rotatable bonds is 6. The summed E-state index contributed by atoms with van der Waals surface area (Å²) < 4.78 is 10.5. The van der Waals surface area contributed by atoms with Gasteiger partial charge in [-0.25, -0.2) is 0 Å². The molecule has 0 fully saturated rings. The van der Waals surface area contributed by atoms with Crippen LogP contribution in [0.25, 0.3) is 6.08 Å². The van der Waals surface area contributed by atoms with Gasteiger partial charge in [0.2, 0.25) is 5.89 Å². The third kappa shape index (κ3) is 4.35. The van der Waals surface area contributed by atoms with Crippen molar-refractivity contribution in [2.45, 2.75) is 19.1 Å². The Kier molecular flexibility index (Phi) is 4.99. The molecule has 110 valence electrons. The highest BCUT2D eigenvalue weighted by Gasteiger charge is 2.08. The summed E-state index contributed by atoms with van der Waals surface area (Å²) in [5, 5.41) is 18.7. The van der Waals surface area contributed by atoms with Crippen LogP contribution in [0.3, 0.4) is 0 Å². The van der Waals surface area contributed by atoms with E-state index >= 15 is 0 Å². The molecule has 0 saturated heterocycles. The lowest BCUT2D eigenvalue weighted by atomic mass is 10.2. The van der Waals surface area contributed by atoms with Crippen LogP contribution in [-0.2, 0) is 4.79 Å². The van der Waals surface area contributed by atoms with Gasteiger partial charge < -0.3 is 19.1 Å². The second-order valence-corrected chi connectivity index (χ2v) is 4.98. The second kappa shape index (κ2) is 6.94. The van der Waals surface area contributed by atoms with Crippen LogP contribution in [0.5, 0.6) is 5.75 Å². The summed E-state index contributed by atoms with van der Waals surface area (Å²) in [6.45, 7) is 4.10. The fourth-order valence-electron chi connectivity index (χ4n) is 1.52. The van der Waals surface area contributed by atoms with Gasteiger partial charge in [-0.15, -0.1) is 10.2 Å². The maximum atomic E-state index is 11.2. The molecule has 1 heterocycles. The van der Waals surface area contributed by atoms with Crippen molar-refractivity contribution in [2.75, 3.05) is 6.61 Å². The number of carboxylic acids is 1. The number of hydrogen-bond acceptors (Lipinski definition) is 7. The maximum absolute atomic E-state index is 11.2. The van der Waals surface area contributed by atoms with Crippen LogP contribution in [-0.4, -0.2) is 22.8 Å². The Hall–Kier alpha value is -2.28. The zero-order chi connectivity index (χ0) is 15.2. The van der Waals surface area contributed by atoms with Crippen molar-refractivity contribution in [3.8, 4) is 5.75 Å². The van der Waals surface area contributed by atoms with Crippen molar-refractivity contribution in [3.63, 3.8) is 0 Å². The van der Waals surface area contributed by atoms with Crippen molar-refractivity contribution >= 4 is 23.8 Å². The third-order valence-electron chi connectivity index (χ3n) is 2.39. The van der Waals surface area contributed by atoms with Gasteiger partial charge in [-0.3, -0.25) is 0 Å². The number of carboxylic acid groups (broad SMARTS) is 1. The summed E-state index contributed by atoms with van der Waals surface area (Å²) in [4.78, 5) is 11.2. The van der Waals surface area contributed by atoms with Crippen molar-refractivity contribution in [2.24, 2.45) is 0 Å². The normalized spacial score (nSPS) is 11.4. The molecule has 0 aliphatic heterocycles. The molecule has 0 spiro atoms. The SMILES string of the molecule is CCOc1ccc(/C=C(\Sc2nnc(C)o2)C(=O)[O-])cc1. The van der Waals surface area contributed by atoms with Crippen LogP contribution in [0, 0.1) is 6.92 Å². The minimum Gasteiger partial charge on any atom is -0.544 e. The van der Waals surface area contributed by atoms with Crippen molar-refractivity contribution < 1.29 is 19.1 Å². The van der Waals surface area contributed by atoms with Gasteiger partial charge in [0.15, 0.2) is 0 Å². The quantitative estimate of drug-likeness (QED) is 0.592. The number of hydrogen-bond donors (Lipinski definition) is 0. The number of nitrogens with zero attached hydrogens (tertiary/aromatic N) is 2. The highest BCUT2D eigenvalue weighted by Crippen LogP contribution is 2.27. The molecule has 0 saturated carbocycles. The first-order valence-corrected chi connectivity index (χ1v) is 7.04. The topological polar surface area (TPSA) is 88.3 Å². The van der Waals surface area contributed by atoms with Crippen LogP contribution >= 0.6 is 11.8 Å². The summed E-state index contributed by atoms with van der Waals surface area (Å²) in [6, 6.07) is 7.05. The van der Waals surface area contributed by atoms with Crippen molar-refractivity contribution in [3.05, 3.63) is 40.6 Å². The van der Waals surface area contributed by atoms with Crippen molar-refractivity contribution in [1.82, 2.24) is 10.2 Å². The number of aliphatic carboxylic acids is 1. The van der Waals surface area contributed by atoms with E-state index in [2.05, 4.69) is 10.2 Å². The number of aromatic nitrogens is 2. The first kappa shape index (κ1) is 15.1. The van der Waals surface area contributed by atoms with Gasteiger partial charge in [-0.05, 0) is 42.5 Å². The number of benzene rings is 1. The summed E-state index contributed by atoms with van der Waals surface area (Å²) in [7, 11) is 0. The molecule has 6 nitrogen and oxygen atoms in total. The fraction of sp³-hybridized carbons (Fsp3) is 0.214. The van der Waals surface area contributed by atoms with Gasteiger partial charge in [-0.1, -0.05) is 12.1 Å². The van der Waals surface area contributed by atoms with E-state index in [1.165, 1.54) is 6.08 Å². The lowest BCUT2D eigenvalue weighted by Gasteiger charge is -2.06. The average molecular weight is 305 g/mol. The van der Waals surface area contributed by atoms with E-state index in [9.17, 15) is 9.90 Å². The van der Waals surface area contributed by atoms with Crippen LogP contribution in [0.4, 0.5) is 0 Å². The lowest BCUT2D eigenvalue weighted by Crippen LogP contribution is -2.23. The molecule has 2 rings (SSSR count). The number of ether oxygens (including phenoxy) is 1. The molecule has 21 heavy (non-hydrogen) atoms. The number of carbonyl (C=O) groups is 1. The van der Waals surface area contributed by atoms with Crippen molar-refractivity contribution in [1.29, 1.82) is 0 Å². The van der Waals surface area contributed by atoms with E-state index < -0.39 is 5.97 Å². The predicted molar refractivity (Wildman–Crippen MR) is 75.5 cm³/mol. The van der Waals surface area contributed by atoms with E-state index in [1.54, 1.807) is 31.2 Å². The standard InChI is InChI=1S/C14H14N2O4S/c1-3-19-11-6-4-10(5-7-11)8-12(13(17)18)21-14-16-15-9(2)20-14/h4-8H,3H2,1-2H3,(H,17,18)/p-1/b12-8-. The summed E-state index contributed by atoms with van der Waals surface area (Å²) in [5.41, 5.74) is 0.710. The van der Waals surface area contributed by atoms with E-state index in [0.717, 1.165) is 17.5 Å². The minimum absolute atomic E-state index is 0.0113. The summed E-state index contributed by atoms with van der Waals surface area (Å²) >= 11 is 0.854. The Morgan fingerprint density at radius 1 is 1.38 bits per heavy atom. The third-order valence-corrected chi connectivity index (χ3v) is 3.24. The maximum Gasteiger partial charge on any atom is 0.281 e. The Labute approximate surface area is 125 Å². The molecule has 0 aliphatic rings. The molecule has 0 radical (unpaired) electrons. The lowest BCUT2D eigenvalue weighted by molar-refractivity contribution is -0.298. The molecule has 0 unspecified atom stereocenters. The largest absolute Gasteiger partial charge is 0.544 e. The molecule has 0 bridgehead atoms. The molecule has 0 amide bonds. The molecule has 7 heteroatoms. The average Bonchev–Trinajstić information content (AvgIpc) is 2.86. The molecule has 0 atom stereocenters. The predicted octanol–water partition coefficient (Wildman–Crippen LogP) is 1.66. The molecule has 0 N–H and O–H groups in total. The summed E-state index contributed by atoms with van der Waals surface area (Å²) in [5.74, 6) is -0.203. The van der Waals surface area contributed by atoms with Gasteiger partial charge in [-0.2, -0.15) is 0 Å². The monoisotopic (exact) mass is 305 g/mol. The highest BCUT2D eigenvalue weighted by molar-refractivity contribution is 8.03. The van der Waals surface area contributed by atoms with Crippen LogP contribution in [0.15, 0.2) is 38.8 Å². The van der Waals surface area contributed by atoms with Gasteiger partial charge in [0.1, 0.15) is 5.75 Å². The first-order chi connectivity index (χ1) is 10.1. The molecule has 0 aliphatic carbocycles. The molecular formula is C14H13N2O4S-. The highest BCUT2D eigenvalue weighted by atomic mass is 32.2. The Bertz CT molecular complexity index is 649.